The lowest BCUT2D eigenvalue weighted by Crippen LogP contribution is -2.35. The van der Waals surface area contributed by atoms with Crippen molar-refractivity contribution >= 4 is 96.9 Å². The molecule has 2 aromatic heterocycles. The van der Waals surface area contributed by atoms with Gasteiger partial charge in [0.05, 0.1) is 30.6 Å². The lowest BCUT2D eigenvalue weighted by Gasteiger charge is -2.15. The van der Waals surface area contributed by atoms with Crippen LogP contribution in [0.5, 0.6) is 6.01 Å². The zero-order chi connectivity index (χ0) is 37.5. The highest BCUT2D eigenvalue weighted by Crippen LogP contribution is 2.33. The van der Waals surface area contributed by atoms with E-state index in [1.165, 1.54) is 33.3 Å². The molecule has 2 amide bonds. The molecule has 0 aliphatic carbocycles. The number of rotatable bonds is 9. The Kier molecular flexibility index (Phi) is 13.5. The van der Waals surface area contributed by atoms with Crippen molar-refractivity contribution < 1.29 is 41.8 Å². The van der Waals surface area contributed by atoms with E-state index in [1.807, 2.05) is 22.6 Å². The van der Waals surface area contributed by atoms with Gasteiger partial charge in [-0.15, -0.1) is 11.8 Å². The van der Waals surface area contributed by atoms with Crippen molar-refractivity contribution in [2.75, 3.05) is 25.3 Å². The molecule has 0 saturated heterocycles. The Hall–Kier alpha value is -4.13. The van der Waals surface area contributed by atoms with Crippen molar-refractivity contribution in [3.63, 3.8) is 0 Å². The van der Waals surface area contributed by atoms with E-state index in [2.05, 4.69) is 30.0 Å². The van der Waals surface area contributed by atoms with E-state index >= 15 is 0 Å². The van der Waals surface area contributed by atoms with Crippen LogP contribution in [0.25, 0.3) is 0 Å². The van der Waals surface area contributed by atoms with E-state index < -0.39 is 44.3 Å². The Labute approximate surface area is 315 Å². The Morgan fingerprint density at radius 1 is 1.14 bits per heavy atom. The molecule has 3 heterocycles. The van der Waals surface area contributed by atoms with Crippen molar-refractivity contribution in [2.45, 2.75) is 42.6 Å². The molecular formula is C28H27ClFIN8O9S3. The van der Waals surface area contributed by atoms with E-state index in [9.17, 15) is 32.0 Å². The SMILES string of the molecule is COC(=O)CSc1cc(/N=c2\sc(=O)n3n2CCCC3)c(F)cc1Cl.COc1nc(C)nc(NC(=O)NS(=O)(=O)c2cc(I)ccc2C(=O)O)n1. The van der Waals surface area contributed by atoms with E-state index in [4.69, 9.17) is 21.4 Å². The number of methoxy groups -OCH3 is 2. The monoisotopic (exact) mass is 896 g/mol. The average Bonchev–Trinajstić information content (AvgIpc) is 3.39. The van der Waals surface area contributed by atoms with Crippen LogP contribution in [-0.2, 0) is 32.6 Å². The fourth-order valence-corrected chi connectivity index (χ4v) is 8.06. The summed E-state index contributed by atoms with van der Waals surface area (Å²) >= 11 is 9.99. The summed E-state index contributed by atoms with van der Waals surface area (Å²) in [5, 5.41) is 11.5. The maximum Gasteiger partial charge on any atom is 0.337 e. The second-order valence-corrected chi connectivity index (χ2v) is 15.3. The summed E-state index contributed by atoms with van der Waals surface area (Å²) in [7, 11) is -1.84. The molecule has 51 heavy (non-hydrogen) atoms. The Bertz CT molecular complexity index is 2230. The first-order chi connectivity index (χ1) is 24.1. The van der Waals surface area contributed by atoms with Gasteiger partial charge in [0.25, 0.3) is 10.0 Å². The Balaban J connectivity index is 0.000000229. The van der Waals surface area contributed by atoms with Gasteiger partial charge in [0.15, 0.2) is 0 Å². The van der Waals surface area contributed by atoms with Gasteiger partial charge in [-0.05, 0) is 84.0 Å². The van der Waals surface area contributed by atoms with Gasteiger partial charge in [-0.1, -0.05) is 11.6 Å². The van der Waals surface area contributed by atoms with Crippen LogP contribution in [0.1, 0.15) is 29.0 Å². The number of esters is 1. The van der Waals surface area contributed by atoms with Crippen LogP contribution in [0.15, 0.2) is 49.9 Å². The predicted octanol–water partition coefficient (Wildman–Crippen LogP) is 3.80. The van der Waals surface area contributed by atoms with Crippen LogP contribution in [0.2, 0.25) is 5.02 Å². The number of hydrogen-bond acceptors (Lipinski definition) is 14. The van der Waals surface area contributed by atoms with E-state index in [-0.39, 0.29) is 39.1 Å². The minimum atomic E-state index is -4.45. The Morgan fingerprint density at radius 3 is 2.51 bits per heavy atom. The normalized spacial score (nSPS) is 12.6. The summed E-state index contributed by atoms with van der Waals surface area (Å²) in [6.07, 6.45) is 1.90. The number of hydrogen-bond donors (Lipinski definition) is 3. The summed E-state index contributed by atoms with van der Waals surface area (Å²) in [5.41, 5.74) is -0.386. The van der Waals surface area contributed by atoms with Crippen molar-refractivity contribution in [2.24, 2.45) is 4.99 Å². The lowest BCUT2D eigenvalue weighted by atomic mass is 10.2. The molecule has 4 aromatic rings. The molecule has 0 unspecified atom stereocenters. The number of carboxylic acids is 1. The fourth-order valence-electron chi connectivity index (χ4n) is 4.23. The van der Waals surface area contributed by atoms with Gasteiger partial charge in [0.2, 0.25) is 10.7 Å². The highest BCUT2D eigenvalue weighted by Gasteiger charge is 2.25. The van der Waals surface area contributed by atoms with Crippen LogP contribution >= 0.6 is 57.3 Å². The number of ether oxygens (including phenoxy) is 2. The molecule has 0 radical (unpaired) electrons. The van der Waals surface area contributed by atoms with Gasteiger partial charge >= 0.3 is 28.9 Å². The maximum absolute atomic E-state index is 14.3. The smallest absolute Gasteiger partial charge is 0.337 e. The van der Waals surface area contributed by atoms with Crippen LogP contribution in [0, 0.1) is 16.3 Å². The maximum atomic E-state index is 14.3. The highest BCUT2D eigenvalue weighted by atomic mass is 127. The van der Waals surface area contributed by atoms with Gasteiger partial charge < -0.3 is 14.6 Å². The number of sulfonamides is 1. The largest absolute Gasteiger partial charge is 0.478 e. The van der Waals surface area contributed by atoms with Crippen molar-refractivity contribution in [3.05, 3.63) is 70.6 Å². The predicted molar refractivity (Wildman–Crippen MR) is 192 cm³/mol. The first kappa shape index (κ1) is 39.7. The van der Waals surface area contributed by atoms with Crippen molar-refractivity contribution in [3.8, 4) is 6.01 Å². The van der Waals surface area contributed by atoms with Gasteiger partial charge in [-0.2, -0.15) is 15.0 Å². The summed E-state index contributed by atoms with van der Waals surface area (Å²) in [6.45, 7) is 2.85. The molecule has 23 heteroatoms. The molecule has 17 nitrogen and oxygen atoms in total. The molecule has 0 bridgehead atoms. The number of aryl methyl sites for hydroxylation is 1. The molecule has 272 valence electrons. The first-order valence-corrected chi connectivity index (χ1v) is 19.0. The van der Waals surface area contributed by atoms with Gasteiger partial charge in [0.1, 0.15) is 22.2 Å². The number of nitrogens with one attached hydrogen (secondary N) is 2. The van der Waals surface area contributed by atoms with Gasteiger partial charge in [-0.3, -0.25) is 19.6 Å². The number of aromatic nitrogens is 5. The summed E-state index contributed by atoms with van der Waals surface area (Å²) in [6, 6.07) is 5.11. The summed E-state index contributed by atoms with van der Waals surface area (Å²) in [4.78, 5) is 62.6. The summed E-state index contributed by atoms with van der Waals surface area (Å²) < 4.78 is 54.0. The van der Waals surface area contributed by atoms with Crippen LogP contribution in [-0.4, -0.2) is 75.8 Å². The number of carbonyl (C=O) groups excluding carboxylic acids is 2. The van der Waals surface area contributed by atoms with E-state index in [0.717, 1.165) is 54.1 Å². The minimum absolute atomic E-state index is 0.0605. The number of thioether (sulfide) groups is 1. The number of carbonyl (C=O) groups is 3. The molecule has 2 aromatic carbocycles. The number of amides is 2. The number of nitrogens with zero attached hydrogens (tertiary/aromatic N) is 6. The molecule has 0 spiro atoms. The van der Waals surface area contributed by atoms with Crippen molar-refractivity contribution in [1.29, 1.82) is 0 Å². The third-order valence-corrected chi connectivity index (χ3v) is 10.9. The van der Waals surface area contributed by atoms with Crippen molar-refractivity contribution in [1.82, 2.24) is 29.0 Å². The number of aromatic carboxylic acids is 1. The van der Waals surface area contributed by atoms with Crippen LogP contribution < -0.4 is 24.5 Å². The highest BCUT2D eigenvalue weighted by molar-refractivity contribution is 14.1. The molecule has 0 saturated carbocycles. The second kappa shape index (κ2) is 17.4. The third-order valence-electron chi connectivity index (χ3n) is 6.51. The van der Waals surface area contributed by atoms with E-state index in [1.54, 1.807) is 14.1 Å². The first-order valence-electron chi connectivity index (χ1n) is 14.3. The lowest BCUT2D eigenvalue weighted by molar-refractivity contribution is -0.137. The molecular weight excluding hydrogens is 870 g/mol. The minimum Gasteiger partial charge on any atom is -0.478 e. The number of anilines is 1. The molecule has 1 aliphatic heterocycles. The molecule has 1 aliphatic rings. The summed E-state index contributed by atoms with van der Waals surface area (Å²) in [5.74, 6) is -2.36. The number of benzene rings is 2. The topological polar surface area (TPSA) is 226 Å². The number of urea groups is 1. The van der Waals surface area contributed by atoms with Gasteiger partial charge in [0, 0.05) is 21.6 Å². The molecule has 5 rings (SSSR count). The number of halogens is 3. The number of fused-ring (bicyclic) bond motifs is 1. The second-order valence-electron chi connectivity index (χ2n) is 10.0. The van der Waals surface area contributed by atoms with Crippen LogP contribution in [0.4, 0.5) is 20.8 Å². The quantitative estimate of drug-likeness (QED) is 0.124. The standard InChI is InChI=1S/C15H15ClFN3O3S2.C13H12IN5O6S/c1-23-13(21)8-24-12-7-11(10(17)6-9(12)16)18-14-19-4-2-3-5-20(19)15(22)25-14;1-6-15-11(18-13(16-6)25-2)17-12(22)19-26(23,24)9-5-7(14)3-4-8(9)10(20)21/h6-7H,2-5,8H2,1H3;3-5H,1-2H3,(H,20,21)(H2,15,16,17,18,19,22)/b18-14-;. The third kappa shape index (κ3) is 10.5. The average molecular weight is 897 g/mol. The Morgan fingerprint density at radius 2 is 1.84 bits per heavy atom. The molecule has 0 atom stereocenters. The zero-order valence-electron chi connectivity index (χ0n) is 26.7. The number of carboxylic acid groups (broad SMARTS) is 1. The molecule has 0 fully saturated rings. The fraction of sp³-hybridized carbons (Fsp3) is 0.286. The zero-order valence-corrected chi connectivity index (χ0v) is 32.0. The van der Waals surface area contributed by atoms with Gasteiger partial charge in [-0.25, -0.2) is 36.8 Å². The van der Waals surface area contributed by atoms with E-state index in [0.29, 0.717) is 26.4 Å². The van der Waals surface area contributed by atoms with Crippen LogP contribution in [0.3, 0.4) is 0 Å². The molecule has 3 N–H and O–H groups in total.